The summed E-state index contributed by atoms with van der Waals surface area (Å²) in [6.07, 6.45) is 0.976. The Morgan fingerprint density at radius 3 is 2.80 bits per heavy atom. The molecule has 1 unspecified atom stereocenters. The van der Waals surface area contributed by atoms with Crippen LogP contribution in [0.3, 0.4) is 0 Å². The van der Waals surface area contributed by atoms with E-state index >= 15 is 0 Å². The van der Waals surface area contributed by atoms with Crippen molar-refractivity contribution in [3.8, 4) is 0 Å². The van der Waals surface area contributed by atoms with Gasteiger partial charge in [-0.2, -0.15) is 5.21 Å². The minimum Gasteiger partial charge on any atom is -0.315 e. The lowest BCUT2D eigenvalue weighted by molar-refractivity contribution is -0.118. The molecule has 2 aliphatic rings. The summed E-state index contributed by atoms with van der Waals surface area (Å²) in [7, 11) is 0. The van der Waals surface area contributed by atoms with E-state index in [0.717, 1.165) is 19.5 Å². The Balaban J connectivity index is 0.000000853. The van der Waals surface area contributed by atoms with Crippen LogP contribution in [0.2, 0.25) is 0 Å². The smallest absolute Gasteiger partial charge is 0.269 e. The van der Waals surface area contributed by atoms with Crippen molar-refractivity contribution in [2.75, 3.05) is 18.4 Å². The Morgan fingerprint density at radius 1 is 1.53 bits per heavy atom. The van der Waals surface area contributed by atoms with E-state index in [1.54, 1.807) is 0 Å². The normalized spacial score (nSPS) is 25.2. The largest absolute Gasteiger partial charge is 0.315 e. The highest BCUT2D eigenvalue weighted by Crippen LogP contribution is 2.55. The van der Waals surface area contributed by atoms with Crippen LogP contribution in [0.25, 0.3) is 0 Å². The standard InChI is InChI=1S/C7H10N6O.ClH/c14-5(9-6-10-12-13-11-6)4-1-7(4)2-8-3-7;/h4,8H,1-3H2,(H2,9,10,11,12,13,14);1H. The van der Waals surface area contributed by atoms with Crippen LogP contribution in [0.1, 0.15) is 6.42 Å². The number of hydrogen-bond donors (Lipinski definition) is 3. The minimum absolute atomic E-state index is 0. The number of halogens is 1. The average molecular weight is 231 g/mol. The van der Waals surface area contributed by atoms with Gasteiger partial charge < -0.3 is 5.32 Å². The van der Waals surface area contributed by atoms with Crippen molar-refractivity contribution in [1.29, 1.82) is 0 Å². The molecule has 7 nitrogen and oxygen atoms in total. The van der Waals surface area contributed by atoms with Gasteiger partial charge in [0, 0.05) is 24.4 Å². The molecule has 0 radical (unpaired) electrons. The summed E-state index contributed by atoms with van der Waals surface area (Å²) in [6.45, 7) is 1.91. The lowest BCUT2D eigenvalue weighted by Gasteiger charge is -2.27. The summed E-state index contributed by atoms with van der Waals surface area (Å²) in [4.78, 5) is 11.6. The third-order valence-corrected chi connectivity index (χ3v) is 3.04. The molecular formula is C7H11ClN6O. The zero-order valence-corrected chi connectivity index (χ0v) is 8.67. The third-order valence-electron chi connectivity index (χ3n) is 3.04. The Kier molecular flexibility index (Phi) is 2.35. The first kappa shape index (κ1) is 10.3. The highest BCUT2D eigenvalue weighted by molar-refractivity contribution is 5.93. The van der Waals surface area contributed by atoms with Gasteiger partial charge in [0.25, 0.3) is 5.95 Å². The highest BCUT2D eigenvalue weighted by atomic mass is 35.5. The molecule has 3 N–H and O–H groups in total. The Bertz CT molecular complexity index is 362. The van der Waals surface area contributed by atoms with E-state index in [2.05, 4.69) is 31.3 Å². The Morgan fingerprint density at radius 2 is 2.33 bits per heavy atom. The van der Waals surface area contributed by atoms with Gasteiger partial charge in [-0.25, -0.2) is 0 Å². The number of aromatic nitrogens is 4. The van der Waals surface area contributed by atoms with Crippen LogP contribution in [0.15, 0.2) is 0 Å². The minimum atomic E-state index is 0. The number of nitrogens with one attached hydrogen (secondary N) is 3. The van der Waals surface area contributed by atoms with Crippen LogP contribution >= 0.6 is 12.4 Å². The molecule has 1 aliphatic carbocycles. The maximum Gasteiger partial charge on any atom is 0.269 e. The summed E-state index contributed by atoms with van der Waals surface area (Å²) < 4.78 is 0. The van der Waals surface area contributed by atoms with Gasteiger partial charge in [-0.3, -0.25) is 10.1 Å². The van der Waals surface area contributed by atoms with Crippen molar-refractivity contribution in [1.82, 2.24) is 25.9 Å². The van der Waals surface area contributed by atoms with Crippen molar-refractivity contribution in [2.45, 2.75) is 6.42 Å². The SMILES string of the molecule is Cl.O=C(Nc1nn[nH]n1)C1CC12CNC2. The fourth-order valence-electron chi connectivity index (χ4n) is 1.97. The summed E-state index contributed by atoms with van der Waals surface area (Å²) in [5, 5.41) is 18.8. The molecule has 8 heteroatoms. The number of tetrazole rings is 1. The fraction of sp³-hybridized carbons (Fsp3) is 0.714. The Labute approximate surface area is 91.8 Å². The zero-order chi connectivity index (χ0) is 9.60. The van der Waals surface area contributed by atoms with Crippen LogP contribution in [0.5, 0.6) is 0 Å². The third kappa shape index (κ3) is 1.57. The number of aromatic amines is 1. The second kappa shape index (κ2) is 3.42. The Hall–Kier alpha value is -1.21. The van der Waals surface area contributed by atoms with E-state index in [1.165, 1.54) is 0 Å². The van der Waals surface area contributed by atoms with Gasteiger partial charge in [0.05, 0.1) is 0 Å². The van der Waals surface area contributed by atoms with Crippen LogP contribution in [0.4, 0.5) is 5.95 Å². The molecule has 1 saturated heterocycles. The predicted octanol–water partition coefficient (Wildman–Crippen LogP) is -0.831. The van der Waals surface area contributed by atoms with Crippen molar-refractivity contribution >= 4 is 24.3 Å². The number of carbonyl (C=O) groups excluding carboxylic acids is 1. The van der Waals surface area contributed by atoms with Gasteiger partial charge in [-0.15, -0.1) is 17.5 Å². The molecule has 82 valence electrons. The number of carbonyl (C=O) groups is 1. The second-order valence-corrected chi connectivity index (χ2v) is 3.95. The topological polar surface area (TPSA) is 95.6 Å². The van der Waals surface area contributed by atoms with Gasteiger partial charge in [-0.1, -0.05) is 5.10 Å². The quantitative estimate of drug-likeness (QED) is 0.616. The van der Waals surface area contributed by atoms with Crippen molar-refractivity contribution in [3.05, 3.63) is 0 Å². The number of H-pyrrole nitrogens is 1. The van der Waals surface area contributed by atoms with Crippen molar-refractivity contribution in [3.63, 3.8) is 0 Å². The molecule has 1 aromatic heterocycles. The molecule has 1 atom stereocenters. The second-order valence-electron chi connectivity index (χ2n) is 3.95. The molecule has 0 aromatic carbocycles. The number of nitrogens with zero attached hydrogens (tertiary/aromatic N) is 3. The molecular weight excluding hydrogens is 220 g/mol. The lowest BCUT2D eigenvalue weighted by atomic mass is 9.96. The zero-order valence-electron chi connectivity index (χ0n) is 7.86. The molecule has 1 amide bonds. The van der Waals surface area contributed by atoms with Gasteiger partial charge in [0.15, 0.2) is 0 Å². The van der Waals surface area contributed by atoms with E-state index in [4.69, 9.17) is 0 Å². The number of anilines is 1. The molecule has 1 aromatic rings. The van der Waals surface area contributed by atoms with E-state index in [1.807, 2.05) is 0 Å². The van der Waals surface area contributed by atoms with Gasteiger partial charge >= 0.3 is 0 Å². The molecule has 3 rings (SSSR count). The highest BCUT2D eigenvalue weighted by Gasteiger charge is 2.61. The monoisotopic (exact) mass is 230 g/mol. The van der Waals surface area contributed by atoms with Gasteiger partial charge in [-0.05, 0) is 11.6 Å². The molecule has 1 aliphatic heterocycles. The molecule has 2 fully saturated rings. The first-order chi connectivity index (χ1) is 6.80. The van der Waals surface area contributed by atoms with E-state index in [9.17, 15) is 4.79 Å². The maximum absolute atomic E-state index is 11.6. The predicted molar refractivity (Wildman–Crippen MR) is 53.5 cm³/mol. The van der Waals surface area contributed by atoms with Crippen molar-refractivity contribution in [2.24, 2.45) is 11.3 Å². The summed E-state index contributed by atoms with van der Waals surface area (Å²) in [5.74, 6) is 0.388. The van der Waals surface area contributed by atoms with E-state index < -0.39 is 0 Å². The lowest BCUT2D eigenvalue weighted by Crippen LogP contribution is -2.46. The molecule has 15 heavy (non-hydrogen) atoms. The average Bonchev–Trinajstić information content (AvgIpc) is 2.71. The summed E-state index contributed by atoms with van der Waals surface area (Å²) in [5.41, 5.74) is 0.244. The number of hydrogen-bond acceptors (Lipinski definition) is 5. The van der Waals surface area contributed by atoms with Gasteiger partial charge in [0.2, 0.25) is 5.91 Å². The first-order valence-electron chi connectivity index (χ1n) is 4.55. The van der Waals surface area contributed by atoms with E-state index in [-0.39, 0.29) is 35.6 Å². The molecule has 1 saturated carbocycles. The van der Waals surface area contributed by atoms with Crippen LogP contribution in [-0.4, -0.2) is 39.6 Å². The summed E-state index contributed by atoms with van der Waals surface area (Å²) in [6, 6.07) is 0. The first-order valence-corrected chi connectivity index (χ1v) is 4.55. The van der Waals surface area contributed by atoms with Crippen molar-refractivity contribution < 1.29 is 4.79 Å². The number of rotatable bonds is 2. The molecule has 0 bridgehead atoms. The summed E-state index contributed by atoms with van der Waals surface area (Å²) >= 11 is 0. The van der Waals surface area contributed by atoms with E-state index in [0.29, 0.717) is 0 Å². The number of amides is 1. The van der Waals surface area contributed by atoms with Gasteiger partial charge in [0.1, 0.15) is 0 Å². The van der Waals surface area contributed by atoms with Crippen LogP contribution in [0, 0.1) is 11.3 Å². The van der Waals surface area contributed by atoms with Crippen LogP contribution in [-0.2, 0) is 4.79 Å². The molecule has 1 spiro atoms. The molecule has 2 heterocycles. The van der Waals surface area contributed by atoms with Crippen LogP contribution < -0.4 is 10.6 Å². The maximum atomic E-state index is 11.6. The fourth-order valence-corrected chi connectivity index (χ4v) is 1.97.